The Morgan fingerprint density at radius 1 is 0.939 bits per heavy atom. The third-order valence-electron chi connectivity index (χ3n) is 5.05. The molecular formula is C24H23F3N2O3S. The van der Waals surface area contributed by atoms with Crippen molar-refractivity contribution >= 4 is 21.6 Å². The molecule has 0 heterocycles. The van der Waals surface area contributed by atoms with Crippen LogP contribution in [-0.4, -0.2) is 27.4 Å². The number of amides is 1. The van der Waals surface area contributed by atoms with E-state index in [1.807, 2.05) is 37.3 Å². The molecular weight excluding hydrogens is 453 g/mol. The standard InChI is InChI=1S/C24H23F3N2O3S/c1-18(19-9-4-2-5-10-19)16-28-23(30)17-29(33(31,32)22-13-6-3-7-14-22)21-12-8-11-20(15-21)24(25,26)27/h2-15,18H,16-17H2,1H3,(H,28,30)/t18-/m0/s1. The van der Waals surface area contributed by atoms with Crippen LogP contribution in [-0.2, 0) is 21.0 Å². The summed E-state index contributed by atoms with van der Waals surface area (Å²) in [7, 11) is -4.30. The first-order valence-corrected chi connectivity index (χ1v) is 11.6. The second-order valence-corrected chi connectivity index (χ2v) is 9.35. The third-order valence-corrected chi connectivity index (χ3v) is 6.84. The SMILES string of the molecule is C[C@@H](CNC(=O)CN(c1cccc(C(F)(F)F)c1)S(=O)(=O)c1ccccc1)c1ccccc1. The van der Waals surface area contributed by atoms with Crippen LogP contribution in [0.1, 0.15) is 24.0 Å². The van der Waals surface area contributed by atoms with Crippen molar-refractivity contribution < 1.29 is 26.4 Å². The Bertz CT molecular complexity index is 1180. The quantitative estimate of drug-likeness (QED) is 0.507. The van der Waals surface area contributed by atoms with Gasteiger partial charge in [-0.2, -0.15) is 13.2 Å². The number of anilines is 1. The van der Waals surface area contributed by atoms with E-state index >= 15 is 0 Å². The van der Waals surface area contributed by atoms with E-state index in [0.717, 1.165) is 23.8 Å². The zero-order valence-electron chi connectivity index (χ0n) is 17.8. The van der Waals surface area contributed by atoms with Gasteiger partial charge in [-0.25, -0.2) is 8.42 Å². The molecule has 0 radical (unpaired) electrons. The van der Waals surface area contributed by atoms with E-state index in [-0.39, 0.29) is 23.0 Å². The minimum atomic E-state index is -4.66. The Morgan fingerprint density at radius 3 is 2.15 bits per heavy atom. The molecule has 9 heteroatoms. The molecule has 0 saturated heterocycles. The Balaban J connectivity index is 1.87. The molecule has 0 aliphatic carbocycles. The molecule has 3 rings (SSSR count). The van der Waals surface area contributed by atoms with Gasteiger partial charge in [0.25, 0.3) is 10.0 Å². The van der Waals surface area contributed by atoms with Crippen LogP contribution in [0.2, 0.25) is 0 Å². The summed E-state index contributed by atoms with van der Waals surface area (Å²) in [5.74, 6) is -0.669. The van der Waals surface area contributed by atoms with E-state index in [9.17, 15) is 26.4 Å². The van der Waals surface area contributed by atoms with E-state index in [4.69, 9.17) is 0 Å². The van der Waals surface area contributed by atoms with Crippen LogP contribution in [0.25, 0.3) is 0 Å². The van der Waals surface area contributed by atoms with Gasteiger partial charge in [-0.3, -0.25) is 9.10 Å². The maximum Gasteiger partial charge on any atom is 0.416 e. The van der Waals surface area contributed by atoms with Gasteiger partial charge >= 0.3 is 6.18 Å². The number of sulfonamides is 1. The fourth-order valence-electron chi connectivity index (χ4n) is 3.22. The monoisotopic (exact) mass is 476 g/mol. The molecule has 174 valence electrons. The van der Waals surface area contributed by atoms with E-state index in [1.54, 1.807) is 6.07 Å². The molecule has 1 amide bonds. The normalized spacial score (nSPS) is 12.7. The Morgan fingerprint density at radius 2 is 1.55 bits per heavy atom. The minimum absolute atomic E-state index is 0.0390. The Labute approximate surface area is 190 Å². The van der Waals surface area contributed by atoms with Crippen LogP contribution >= 0.6 is 0 Å². The van der Waals surface area contributed by atoms with Gasteiger partial charge in [0.1, 0.15) is 6.54 Å². The highest BCUT2D eigenvalue weighted by Gasteiger charge is 2.33. The topological polar surface area (TPSA) is 66.5 Å². The number of halogens is 3. The molecule has 0 bridgehead atoms. The molecule has 3 aromatic rings. The van der Waals surface area contributed by atoms with Gasteiger partial charge in [-0.05, 0) is 41.8 Å². The average molecular weight is 477 g/mol. The number of rotatable bonds is 8. The molecule has 0 fully saturated rings. The number of carbonyl (C=O) groups excluding carboxylic acids is 1. The smallest absolute Gasteiger partial charge is 0.354 e. The molecule has 5 nitrogen and oxygen atoms in total. The molecule has 0 aliphatic rings. The summed E-state index contributed by atoms with van der Waals surface area (Å²) in [6.45, 7) is 1.48. The zero-order chi connectivity index (χ0) is 24.1. The molecule has 0 saturated carbocycles. The highest BCUT2D eigenvalue weighted by atomic mass is 32.2. The molecule has 0 aromatic heterocycles. The molecule has 0 aliphatic heterocycles. The predicted octanol–water partition coefficient (Wildman–Crippen LogP) is 4.82. The van der Waals surface area contributed by atoms with Crippen molar-refractivity contribution in [2.75, 3.05) is 17.4 Å². The summed E-state index contributed by atoms with van der Waals surface area (Å²) in [6, 6.07) is 20.6. The highest BCUT2D eigenvalue weighted by molar-refractivity contribution is 7.92. The molecule has 0 unspecified atom stereocenters. The lowest BCUT2D eigenvalue weighted by Gasteiger charge is -2.25. The van der Waals surface area contributed by atoms with Crippen LogP contribution in [0.15, 0.2) is 89.8 Å². The van der Waals surface area contributed by atoms with Crippen molar-refractivity contribution in [1.82, 2.24) is 5.32 Å². The lowest BCUT2D eigenvalue weighted by atomic mass is 10.0. The van der Waals surface area contributed by atoms with E-state index in [0.29, 0.717) is 4.31 Å². The van der Waals surface area contributed by atoms with Crippen molar-refractivity contribution in [1.29, 1.82) is 0 Å². The second-order valence-electron chi connectivity index (χ2n) is 7.49. The molecule has 0 spiro atoms. The first-order valence-electron chi connectivity index (χ1n) is 10.2. The summed E-state index contributed by atoms with van der Waals surface area (Å²) >= 11 is 0. The number of carbonyl (C=O) groups is 1. The lowest BCUT2D eigenvalue weighted by Crippen LogP contribution is -2.41. The third kappa shape index (κ3) is 6.13. The first kappa shape index (κ1) is 24.3. The maximum atomic E-state index is 13.3. The van der Waals surface area contributed by atoms with Crippen molar-refractivity contribution in [3.05, 3.63) is 96.1 Å². The summed E-state index contributed by atoms with van der Waals surface area (Å²) in [4.78, 5) is 12.6. The van der Waals surface area contributed by atoms with Gasteiger partial charge in [0.15, 0.2) is 0 Å². The fourth-order valence-corrected chi connectivity index (χ4v) is 4.66. The summed E-state index contributed by atoms with van der Waals surface area (Å²) in [6.07, 6.45) is -4.66. The van der Waals surface area contributed by atoms with Crippen molar-refractivity contribution in [2.45, 2.75) is 23.9 Å². The Kier molecular flexibility index (Phi) is 7.43. The number of hydrogen-bond acceptors (Lipinski definition) is 3. The number of alkyl halides is 3. The van der Waals surface area contributed by atoms with Gasteiger partial charge in [0.2, 0.25) is 5.91 Å². The van der Waals surface area contributed by atoms with Gasteiger partial charge < -0.3 is 5.32 Å². The van der Waals surface area contributed by atoms with Crippen molar-refractivity contribution in [3.8, 4) is 0 Å². The van der Waals surface area contributed by atoms with Crippen LogP contribution in [0.4, 0.5) is 18.9 Å². The summed E-state index contributed by atoms with van der Waals surface area (Å²) in [5.41, 5.74) is -0.268. The van der Waals surface area contributed by atoms with E-state index in [2.05, 4.69) is 5.32 Å². The fraction of sp³-hybridized carbons (Fsp3) is 0.208. The Hall–Kier alpha value is -3.33. The van der Waals surface area contributed by atoms with Crippen LogP contribution in [0, 0.1) is 0 Å². The lowest BCUT2D eigenvalue weighted by molar-refractivity contribution is -0.137. The average Bonchev–Trinajstić information content (AvgIpc) is 2.81. The summed E-state index contributed by atoms with van der Waals surface area (Å²) < 4.78 is 66.9. The van der Waals surface area contributed by atoms with Gasteiger partial charge in [-0.15, -0.1) is 0 Å². The van der Waals surface area contributed by atoms with Crippen molar-refractivity contribution in [3.63, 3.8) is 0 Å². The first-order chi connectivity index (χ1) is 15.6. The van der Waals surface area contributed by atoms with E-state index < -0.39 is 34.2 Å². The van der Waals surface area contributed by atoms with Gasteiger partial charge in [-0.1, -0.05) is 61.5 Å². The second kappa shape index (κ2) is 10.1. The van der Waals surface area contributed by atoms with Crippen LogP contribution < -0.4 is 9.62 Å². The number of benzene rings is 3. The van der Waals surface area contributed by atoms with Crippen LogP contribution in [0.5, 0.6) is 0 Å². The highest BCUT2D eigenvalue weighted by Crippen LogP contribution is 2.33. The van der Waals surface area contributed by atoms with Gasteiger partial charge in [0, 0.05) is 6.54 Å². The van der Waals surface area contributed by atoms with E-state index in [1.165, 1.54) is 30.3 Å². The number of hydrogen-bond donors (Lipinski definition) is 1. The number of nitrogens with one attached hydrogen (secondary N) is 1. The molecule has 1 N–H and O–H groups in total. The summed E-state index contributed by atoms with van der Waals surface area (Å²) in [5, 5.41) is 2.68. The minimum Gasteiger partial charge on any atom is -0.354 e. The molecule has 1 atom stereocenters. The van der Waals surface area contributed by atoms with Crippen molar-refractivity contribution in [2.24, 2.45) is 0 Å². The van der Waals surface area contributed by atoms with Crippen LogP contribution in [0.3, 0.4) is 0 Å². The largest absolute Gasteiger partial charge is 0.416 e. The van der Waals surface area contributed by atoms with Gasteiger partial charge in [0.05, 0.1) is 16.1 Å². The molecule has 33 heavy (non-hydrogen) atoms. The zero-order valence-corrected chi connectivity index (χ0v) is 18.6. The molecule has 3 aromatic carbocycles. The maximum absolute atomic E-state index is 13.3. The number of nitrogens with zero attached hydrogens (tertiary/aromatic N) is 1. The predicted molar refractivity (Wildman–Crippen MR) is 120 cm³/mol.